The minimum Gasteiger partial charge on any atom is -0.312 e. The fraction of sp³-hybridized carbons (Fsp3) is 0.467. The second kappa shape index (κ2) is 6.74. The predicted octanol–water partition coefficient (Wildman–Crippen LogP) is 3.02. The van der Waals surface area contributed by atoms with Crippen molar-refractivity contribution < 1.29 is 0 Å². The smallest absolute Gasteiger partial charge is 0.0545 e. The van der Waals surface area contributed by atoms with Crippen LogP contribution in [0.5, 0.6) is 0 Å². The zero-order chi connectivity index (χ0) is 11.9. The van der Waals surface area contributed by atoms with Crippen LogP contribution in [0.15, 0.2) is 24.3 Å². The number of hydrogen-bond acceptors (Lipinski definition) is 2. The molecule has 1 aliphatic carbocycles. The Morgan fingerprint density at radius 1 is 1.29 bits per heavy atom. The molecule has 0 spiro atoms. The lowest BCUT2D eigenvalue weighted by atomic mass is 10.1. The lowest BCUT2D eigenvalue weighted by molar-refractivity contribution is 0.732. The summed E-state index contributed by atoms with van der Waals surface area (Å²) < 4.78 is 0. The molecule has 0 aliphatic heterocycles. The molecular formula is C15H19NS. The van der Waals surface area contributed by atoms with Crippen LogP contribution in [0.25, 0.3) is 0 Å². The van der Waals surface area contributed by atoms with Gasteiger partial charge in [0.05, 0.1) is 5.75 Å². The van der Waals surface area contributed by atoms with E-state index < -0.39 is 0 Å². The molecule has 2 rings (SSSR count). The molecule has 1 N–H and O–H groups in total. The lowest BCUT2D eigenvalue weighted by Crippen LogP contribution is -2.16. The first-order chi connectivity index (χ1) is 8.40. The zero-order valence-electron chi connectivity index (χ0n) is 10.1. The van der Waals surface area contributed by atoms with Gasteiger partial charge in [-0.1, -0.05) is 30.2 Å². The molecule has 0 aromatic heterocycles. The minimum absolute atomic E-state index is 0.817. The maximum absolute atomic E-state index is 5.19. The van der Waals surface area contributed by atoms with Gasteiger partial charge in [0, 0.05) is 18.8 Å². The van der Waals surface area contributed by atoms with Gasteiger partial charge >= 0.3 is 0 Å². The Morgan fingerprint density at radius 3 is 2.71 bits per heavy atom. The Kier molecular flexibility index (Phi) is 4.97. The van der Waals surface area contributed by atoms with Crippen LogP contribution in [0, 0.1) is 12.3 Å². The molecule has 90 valence electrons. The first-order valence-electron chi connectivity index (χ1n) is 6.21. The summed E-state index contributed by atoms with van der Waals surface area (Å²) in [6, 6.07) is 9.05. The fourth-order valence-electron chi connectivity index (χ4n) is 1.83. The third-order valence-corrected chi connectivity index (χ3v) is 3.83. The molecular weight excluding hydrogens is 226 g/mol. The largest absolute Gasteiger partial charge is 0.312 e. The third-order valence-electron chi connectivity index (χ3n) is 2.97. The average molecular weight is 245 g/mol. The van der Waals surface area contributed by atoms with E-state index in [-0.39, 0.29) is 0 Å². The van der Waals surface area contributed by atoms with E-state index in [9.17, 15) is 0 Å². The first-order valence-corrected chi connectivity index (χ1v) is 7.36. The normalized spacial score (nSPS) is 14.5. The van der Waals surface area contributed by atoms with Gasteiger partial charge in [-0.15, -0.1) is 18.2 Å². The molecule has 2 heteroatoms. The van der Waals surface area contributed by atoms with Crippen LogP contribution in [0.1, 0.15) is 29.9 Å². The van der Waals surface area contributed by atoms with Crippen molar-refractivity contribution in [2.24, 2.45) is 0 Å². The summed E-state index contributed by atoms with van der Waals surface area (Å²) in [7, 11) is 0. The summed E-state index contributed by atoms with van der Waals surface area (Å²) in [5.41, 5.74) is 2.88. The Balaban J connectivity index is 1.63. The van der Waals surface area contributed by atoms with E-state index in [2.05, 4.69) is 35.5 Å². The molecule has 1 saturated carbocycles. The molecule has 1 aromatic rings. The maximum atomic E-state index is 5.19. The van der Waals surface area contributed by atoms with Crippen LogP contribution in [-0.4, -0.2) is 18.1 Å². The van der Waals surface area contributed by atoms with Gasteiger partial charge < -0.3 is 5.32 Å². The minimum atomic E-state index is 0.817. The van der Waals surface area contributed by atoms with Gasteiger partial charge in [-0.25, -0.2) is 0 Å². The van der Waals surface area contributed by atoms with Gasteiger partial charge in [-0.3, -0.25) is 0 Å². The molecule has 1 fully saturated rings. The Morgan fingerprint density at radius 2 is 2.06 bits per heavy atom. The third kappa shape index (κ3) is 4.46. The molecule has 0 unspecified atom stereocenters. The number of rotatable bonds is 7. The SMILES string of the molecule is C#CCSCCNCc1ccc(C2CC2)cc1. The fourth-order valence-corrected chi connectivity index (χ4v) is 2.38. The molecule has 0 saturated heterocycles. The van der Waals surface area contributed by atoms with Crippen molar-refractivity contribution in [3.8, 4) is 12.3 Å². The molecule has 0 heterocycles. The van der Waals surface area contributed by atoms with Crippen molar-refractivity contribution >= 4 is 11.8 Å². The van der Waals surface area contributed by atoms with E-state index in [1.807, 2.05) is 0 Å². The summed E-state index contributed by atoms with van der Waals surface area (Å²) in [4.78, 5) is 0. The van der Waals surface area contributed by atoms with Crippen molar-refractivity contribution in [2.75, 3.05) is 18.1 Å². The summed E-state index contributed by atoms with van der Waals surface area (Å²) >= 11 is 1.80. The molecule has 0 atom stereocenters. The second-order valence-corrected chi connectivity index (χ2v) is 5.55. The van der Waals surface area contributed by atoms with Crippen molar-refractivity contribution in [3.05, 3.63) is 35.4 Å². The highest BCUT2D eigenvalue weighted by Crippen LogP contribution is 2.39. The number of terminal acetylenes is 1. The van der Waals surface area contributed by atoms with E-state index in [0.717, 1.165) is 30.5 Å². The summed E-state index contributed by atoms with van der Waals surface area (Å²) in [5.74, 6) is 5.40. The quantitative estimate of drug-likeness (QED) is 0.585. The van der Waals surface area contributed by atoms with Crippen molar-refractivity contribution in [2.45, 2.75) is 25.3 Å². The van der Waals surface area contributed by atoms with Crippen LogP contribution < -0.4 is 5.32 Å². The molecule has 0 radical (unpaired) electrons. The van der Waals surface area contributed by atoms with E-state index in [1.165, 1.54) is 24.0 Å². The maximum Gasteiger partial charge on any atom is 0.0545 e. The number of thioether (sulfide) groups is 1. The predicted molar refractivity (Wildman–Crippen MR) is 76.3 cm³/mol. The second-order valence-electron chi connectivity index (χ2n) is 4.45. The van der Waals surface area contributed by atoms with E-state index in [4.69, 9.17) is 6.42 Å². The van der Waals surface area contributed by atoms with Crippen molar-refractivity contribution in [1.29, 1.82) is 0 Å². The van der Waals surface area contributed by atoms with Gasteiger partial charge in [0.15, 0.2) is 0 Å². The number of hydrogen-bond donors (Lipinski definition) is 1. The number of benzene rings is 1. The standard InChI is InChI=1S/C15H19NS/c1-2-10-17-11-9-16-12-13-3-5-14(6-4-13)15-7-8-15/h1,3-6,15-16H,7-12H2. The Bertz CT molecular complexity index is 373. The summed E-state index contributed by atoms with van der Waals surface area (Å²) in [6.45, 7) is 1.98. The average Bonchev–Trinajstić information content (AvgIpc) is 3.19. The van der Waals surface area contributed by atoms with Crippen LogP contribution in [-0.2, 0) is 6.54 Å². The van der Waals surface area contributed by atoms with Gasteiger partial charge in [-0.2, -0.15) is 0 Å². The molecule has 0 bridgehead atoms. The molecule has 0 amide bonds. The zero-order valence-corrected chi connectivity index (χ0v) is 10.9. The molecule has 1 aromatic carbocycles. The van der Waals surface area contributed by atoms with Crippen molar-refractivity contribution in [3.63, 3.8) is 0 Å². The highest BCUT2D eigenvalue weighted by atomic mass is 32.2. The lowest BCUT2D eigenvalue weighted by Gasteiger charge is -2.05. The highest BCUT2D eigenvalue weighted by molar-refractivity contribution is 7.99. The molecule has 1 aliphatic rings. The van der Waals surface area contributed by atoms with Crippen molar-refractivity contribution in [1.82, 2.24) is 5.32 Å². The molecule has 1 nitrogen and oxygen atoms in total. The van der Waals surface area contributed by atoms with Gasteiger partial charge in [0.25, 0.3) is 0 Å². The van der Waals surface area contributed by atoms with E-state index >= 15 is 0 Å². The van der Waals surface area contributed by atoms with Gasteiger partial charge in [-0.05, 0) is 29.9 Å². The van der Waals surface area contributed by atoms with Crippen LogP contribution in [0.3, 0.4) is 0 Å². The molecule has 17 heavy (non-hydrogen) atoms. The van der Waals surface area contributed by atoms with E-state index in [0.29, 0.717) is 0 Å². The van der Waals surface area contributed by atoms with E-state index in [1.54, 1.807) is 11.8 Å². The van der Waals surface area contributed by atoms with Crippen LogP contribution in [0.2, 0.25) is 0 Å². The monoisotopic (exact) mass is 245 g/mol. The Labute approximate surface area is 108 Å². The Hall–Kier alpha value is -0.910. The first kappa shape index (κ1) is 12.5. The van der Waals surface area contributed by atoms with Gasteiger partial charge in [0.2, 0.25) is 0 Å². The van der Waals surface area contributed by atoms with Crippen LogP contribution >= 0.6 is 11.8 Å². The number of nitrogens with one attached hydrogen (secondary N) is 1. The summed E-state index contributed by atoms with van der Waals surface area (Å²) in [6.07, 6.45) is 7.94. The summed E-state index contributed by atoms with van der Waals surface area (Å²) in [5, 5.41) is 3.44. The van der Waals surface area contributed by atoms with Crippen LogP contribution in [0.4, 0.5) is 0 Å². The topological polar surface area (TPSA) is 12.0 Å². The van der Waals surface area contributed by atoms with Gasteiger partial charge in [0.1, 0.15) is 0 Å². The highest BCUT2D eigenvalue weighted by Gasteiger charge is 2.22.